The van der Waals surface area contributed by atoms with Gasteiger partial charge in [0.05, 0.1) is 17.1 Å². The summed E-state index contributed by atoms with van der Waals surface area (Å²) in [5.74, 6) is -1.76. The van der Waals surface area contributed by atoms with Crippen LogP contribution in [-0.4, -0.2) is 36.2 Å². The number of para-hydroxylation sites is 2. The zero-order valence-corrected chi connectivity index (χ0v) is 16.0. The molecule has 0 saturated heterocycles. The maximum absolute atomic E-state index is 13.6. The van der Waals surface area contributed by atoms with Gasteiger partial charge in [0.2, 0.25) is 5.91 Å². The topological polar surface area (TPSA) is 75.7 Å². The van der Waals surface area contributed by atoms with Gasteiger partial charge in [0.25, 0.3) is 5.91 Å². The smallest absolute Gasteiger partial charge is 0.316 e. The fraction of sp³-hybridized carbons (Fsp3) is 0.250. The summed E-state index contributed by atoms with van der Waals surface area (Å²) in [6, 6.07) is 12.7. The molecule has 2 amide bonds. The van der Waals surface area contributed by atoms with Crippen LogP contribution in [0, 0.1) is 5.82 Å². The van der Waals surface area contributed by atoms with E-state index in [0.717, 1.165) is 11.8 Å². The van der Waals surface area contributed by atoms with Gasteiger partial charge in [-0.3, -0.25) is 14.4 Å². The van der Waals surface area contributed by atoms with E-state index in [1.54, 1.807) is 49.4 Å². The average Bonchev–Trinajstić information content (AvgIpc) is 2.79. The first-order valence-electron chi connectivity index (χ1n) is 8.69. The maximum atomic E-state index is 13.6. The van der Waals surface area contributed by atoms with Crippen LogP contribution < -0.4 is 10.2 Å². The number of nitrogens with one attached hydrogen (secondary N) is 1. The van der Waals surface area contributed by atoms with Crippen LogP contribution in [0.2, 0.25) is 0 Å². The Morgan fingerprint density at radius 3 is 2.71 bits per heavy atom. The Balaban J connectivity index is 1.61. The molecule has 0 saturated carbocycles. The van der Waals surface area contributed by atoms with Gasteiger partial charge in [-0.05, 0) is 31.2 Å². The number of halogens is 1. The number of esters is 1. The third kappa shape index (κ3) is 4.69. The largest absolute Gasteiger partial charge is 0.455 e. The summed E-state index contributed by atoms with van der Waals surface area (Å²) in [6.07, 6.45) is 0.136. The van der Waals surface area contributed by atoms with Crippen molar-refractivity contribution in [2.75, 3.05) is 22.6 Å². The Bertz CT molecular complexity index is 905. The van der Waals surface area contributed by atoms with Crippen LogP contribution in [0.5, 0.6) is 0 Å². The lowest BCUT2D eigenvalue weighted by atomic mass is 10.1. The first-order valence-corrected chi connectivity index (χ1v) is 9.68. The maximum Gasteiger partial charge on any atom is 0.316 e. The van der Waals surface area contributed by atoms with Gasteiger partial charge in [0, 0.05) is 17.4 Å². The van der Waals surface area contributed by atoms with E-state index in [-0.39, 0.29) is 24.1 Å². The number of ether oxygens (including phenoxy) is 1. The van der Waals surface area contributed by atoms with E-state index in [1.165, 1.54) is 11.0 Å². The van der Waals surface area contributed by atoms with Crippen molar-refractivity contribution >= 4 is 40.9 Å². The normalized spacial score (nSPS) is 16.0. The highest BCUT2D eigenvalue weighted by Gasteiger charge is 2.30. The van der Waals surface area contributed by atoms with Gasteiger partial charge in [-0.1, -0.05) is 24.3 Å². The van der Waals surface area contributed by atoms with E-state index in [9.17, 15) is 18.8 Å². The molecule has 1 N–H and O–H groups in total. The summed E-state index contributed by atoms with van der Waals surface area (Å²) < 4.78 is 18.7. The van der Waals surface area contributed by atoms with Gasteiger partial charge >= 0.3 is 5.97 Å². The van der Waals surface area contributed by atoms with Crippen molar-refractivity contribution in [2.24, 2.45) is 0 Å². The van der Waals surface area contributed by atoms with E-state index in [4.69, 9.17) is 4.74 Å². The number of anilines is 2. The number of carbonyl (C=O) groups is 3. The zero-order chi connectivity index (χ0) is 20.1. The molecule has 1 heterocycles. The number of carbonyl (C=O) groups excluding carboxylic acids is 3. The second-order valence-electron chi connectivity index (χ2n) is 6.26. The number of amides is 2. The van der Waals surface area contributed by atoms with Gasteiger partial charge in [-0.2, -0.15) is 0 Å². The quantitative estimate of drug-likeness (QED) is 0.614. The molecule has 1 atom stereocenters. The Morgan fingerprint density at radius 1 is 1.21 bits per heavy atom. The number of hydrogen-bond acceptors (Lipinski definition) is 5. The molecule has 0 spiro atoms. The zero-order valence-electron chi connectivity index (χ0n) is 15.2. The summed E-state index contributed by atoms with van der Waals surface area (Å²) in [5, 5.41) is 2.77. The monoisotopic (exact) mass is 402 g/mol. The SMILES string of the molecule is C[C@H]1CC(=O)Nc2ccccc2N1C(=O)COC(=O)CSc1ccccc1F. The van der Waals surface area contributed by atoms with Gasteiger partial charge in [0.15, 0.2) is 6.61 Å². The minimum atomic E-state index is -0.619. The van der Waals surface area contributed by atoms with Crippen LogP contribution in [0.4, 0.5) is 15.8 Å². The van der Waals surface area contributed by atoms with Gasteiger partial charge in [-0.25, -0.2) is 4.39 Å². The summed E-state index contributed by atoms with van der Waals surface area (Å²) >= 11 is 1.01. The fourth-order valence-corrected chi connectivity index (χ4v) is 3.66. The molecule has 0 bridgehead atoms. The summed E-state index contributed by atoms with van der Waals surface area (Å²) in [6.45, 7) is 1.30. The highest BCUT2D eigenvalue weighted by Crippen LogP contribution is 2.31. The van der Waals surface area contributed by atoms with Crippen molar-refractivity contribution in [3.63, 3.8) is 0 Å². The Kier molecular flexibility index (Phi) is 6.30. The van der Waals surface area contributed by atoms with Crippen molar-refractivity contribution in [2.45, 2.75) is 24.3 Å². The lowest BCUT2D eigenvalue weighted by Crippen LogP contribution is -2.41. The third-order valence-corrected chi connectivity index (χ3v) is 5.19. The number of thioether (sulfide) groups is 1. The van der Waals surface area contributed by atoms with E-state index in [0.29, 0.717) is 16.3 Å². The Hall–Kier alpha value is -2.87. The Labute approximate surface area is 166 Å². The molecule has 2 aromatic rings. The molecule has 28 heavy (non-hydrogen) atoms. The van der Waals surface area contributed by atoms with Crippen LogP contribution >= 0.6 is 11.8 Å². The van der Waals surface area contributed by atoms with Crippen LogP contribution in [-0.2, 0) is 19.1 Å². The second kappa shape index (κ2) is 8.88. The van der Waals surface area contributed by atoms with Crippen LogP contribution in [0.3, 0.4) is 0 Å². The minimum Gasteiger partial charge on any atom is -0.455 e. The number of rotatable bonds is 5. The molecule has 146 valence electrons. The van der Waals surface area contributed by atoms with Crippen molar-refractivity contribution in [3.8, 4) is 0 Å². The second-order valence-corrected chi connectivity index (χ2v) is 7.28. The molecule has 0 unspecified atom stereocenters. The van der Waals surface area contributed by atoms with Crippen molar-refractivity contribution in [3.05, 3.63) is 54.3 Å². The van der Waals surface area contributed by atoms with Crippen LogP contribution in [0.25, 0.3) is 0 Å². The van der Waals surface area contributed by atoms with Gasteiger partial charge in [0.1, 0.15) is 5.82 Å². The van der Waals surface area contributed by atoms with Crippen molar-refractivity contribution in [1.82, 2.24) is 0 Å². The van der Waals surface area contributed by atoms with Crippen LogP contribution in [0.15, 0.2) is 53.4 Å². The summed E-state index contributed by atoms with van der Waals surface area (Å²) in [5.41, 5.74) is 1.09. The highest BCUT2D eigenvalue weighted by molar-refractivity contribution is 8.00. The molecule has 0 radical (unpaired) electrons. The molecule has 0 aliphatic carbocycles. The Morgan fingerprint density at radius 2 is 1.93 bits per heavy atom. The van der Waals surface area contributed by atoms with E-state index >= 15 is 0 Å². The number of benzene rings is 2. The third-order valence-electron chi connectivity index (χ3n) is 4.17. The fourth-order valence-electron chi connectivity index (χ4n) is 2.92. The number of fused-ring (bicyclic) bond motifs is 1. The molecule has 1 aliphatic rings. The molecule has 0 fully saturated rings. The lowest BCUT2D eigenvalue weighted by molar-refractivity contribution is -0.145. The molecular weight excluding hydrogens is 383 g/mol. The number of nitrogens with zero attached hydrogens (tertiary/aromatic N) is 1. The molecule has 2 aromatic carbocycles. The molecule has 0 aromatic heterocycles. The minimum absolute atomic E-state index is 0.111. The van der Waals surface area contributed by atoms with Gasteiger partial charge < -0.3 is 15.0 Å². The molecular formula is C20H19FN2O4S. The first kappa shape index (κ1) is 19.9. The van der Waals surface area contributed by atoms with E-state index < -0.39 is 24.3 Å². The van der Waals surface area contributed by atoms with Gasteiger partial charge in [-0.15, -0.1) is 11.8 Å². The van der Waals surface area contributed by atoms with E-state index in [2.05, 4.69) is 5.32 Å². The highest BCUT2D eigenvalue weighted by atomic mass is 32.2. The molecule has 6 nitrogen and oxygen atoms in total. The van der Waals surface area contributed by atoms with Crippen LogP contribution in [0.1, 0.15) is 13.3 Å². The lowest BCUT2D eigenvalue weighted by Gasteiger charge is -2.27. The van der Waals surface area contributed by atoms with Crippen molar-refractivity contribution < 1.29 is 23.5 Å². The predicted molar refractivity (Wildman–Crippen MR) is 105 cm³/mol. The summed E-state index contributed by atoms with van der Waals surface area (Å²) in [7, 11) is 0. The molecule has 3 rings (SSSR count). The standard InChI is InChI=1S/C20H19FN2O4S/c1-13-10-18(24)22-15-7-3-4-8-16(15)23(13)19(25)11-27-20(26)12-28-17-9-5-2-6-14(17)21/h2-9,13H,10-12H2,1H3,(H,22,24)/t13-/m0/s1. The molecule has 1 aliphatic heterocycles. The number of hydrogen-bond donors (Lipinski definition) is 1. The van der Waals surface area contributed by atoms with Crippen molar-refractivity contribution in [1.29, 1.82) is 0 Å². The first-order chi connectivity index (χ1) is 13.5. The summed E-state index contributed by atoms with van der Waals surface area (Å²) in [4.78, 5) is 38.4. The molecule has 8 heteroatoms. The predicted octanol–water partition coefficient (Wildman–Crippen LogP) is 3.22. The van der Waals surface area contributed by atoms with E-state index in [1.807, 2.05) is 0 Å². The average molecular weight is 402 g/mol.